The fourth-order valence-corrected chi connectivity index (χ4v) is 3.03. The maximum absolute atomic E-state index is 12.9. The van der Waals surface area contributed by atoms with Crippen molar-refractivity contribution in [2.75, 3.05) is 19.6 Å². The molecule has 1 aliphatic carbocycles. The number of rotatable bonds is 6. The minimum Gasteiger partial charge on any atom is -0.342 e. The van der Waals surface area contributed by atoms with Crippen LogP contribution in [0.4, 0.5) is 0 Å². The quantitative estimate of drug-likeness (QED) is 0.804. The summed E-state index contributed by atoms with van der Waals surface area (Å²) in [7, 11) is 0. The lowest BCUT2D eigenvalue weighted by atomic mass is 9.74. The average molecular weight is 268 g/mol. The molecule has 19 heavy (non-hydrogen) atoms. The van der Waals surface area contributed by atoms with Crippen molar-refractivity contribution < 1.29 is 4.79 Å². The number of nitrogens with zero attached hydrogens (tertiary/aromatic N) is 1. The Morgan fingerprint density at radius 1 is 1.26 bits per heavy atom. The lowest BCUT2D eigenvalue weighted by Crippen LogP contribution is -2.48. The second-order valence-corrected chi connectivity index (χ2v) is 7.22. The molecule has 0 saturated heterocycles. The van der Waals surface area contributed by atoms with Crippen molar-refractivity contribution in [3.63, 3.8) is 0 Å². The van der Waals surface area contributed by atoms with Crippen LogP contribution in [-0.2, 0) is 4.79 Å². The van der Waals surface area contributed by atoms with Gasteiger partial charge in [0.25, 0.3) is 0 Å². The molecule has 0 radical (unpaired) electrons. The average Bonchev–Trinajstić information content (AvgIpc) is 2.38. The highest BCUT2D eigenvalue weighted by atomic mass is 16.2. The van der Waals surface area contributed by atoms with E-state index in [4.69, 9.17) is 5.73 Å². The van der Waals surface area contributed by atoms with Crippen LogP contribution < -0.4 is 5.73 Å². The number of carbonyl (C=O) groups is 1. The minimum absolute atomic E-state index is 0.00978. The van der Waals surface area contributed by atoms with Crippen molar-refractivity contribution in [2.45, 2.75) is 66.2 Å². The van der Waals surface area contributed by atoms with Crippen LogP contribution in [0.1, 0.15) is 66.2 Å². The Labute approximate surface area is 118 Å². The molecule has 0 atom stereocenters. The fourth-order valence-electron chi connectivity index (χ4n) is 3.03. The number of hydrogen-bond donors (Lipinski definition) is 1. The van der Waals surface area contributed by atoms with Crippen molar-refractivity contribution in [1.82, 2.24) is 4.90 Å². The van der Waals surface area contributed by atoms with Gasteiger partial charge in [0.05, 0.1) is 0 Å². The van der Waals surface area contributed by atoms with Crippen LogP contribution in [0.5, 0.6) is 0 Å². The van der Waals surface area contributed by atoms with Gasteiger partial charge >= 0.3 is 0 Å². The van der Waals surface area contributed by atoms with Crippen molar-refractivity contribution in [2.24, 2.45) is 16.6 Å². The second-order valence-electron chi connectivity index (χ2n) is 7.22. The predicted octanol–water partition coefficient (Wildman–Crippen LogP) is 3.18. The monoisotopic (exact) mass is 268 g/mol. The largest absolute Gasteiger partial charge is 0.342 e. The molecule has 0 bridgehead atoms. The zero-order valence-electron chi connectivity index (χ0n) is 13.3. The molecule has 0 spiro atoms. The molecule has 1 aliphatic rings. The van der Waals surface area contributed by atoms with Gasteiger partial charge in [0, 0.05) is 18.5 Å². The van der Waals surface area contributed by atoms with Gasteiger partial charge in [0.15, 0.2) is 0 Å². The summed E-state index contributed by atoms with van der Waals surface area (Å²) in [6.45, 7) is 10.9. The van der Waals surface area contributed by atoms with E-state index in [1.165, 1.54) is 19.3 Å². The Balaban J connectivity index is 2.77. The first-order chi connectivity index (χ1) is 8.84. The molecule has 1 rings (SSSR count). The Hall–Kier alpha value is -0.570. The molecule has 1 fully saturated rings. The standard InChI is InChI=1S/C16H32N2O/c1-5-11-18(13-15(2,3)12-17)14(19)16(4)9-7-6-8-10-16/h5-13,17H2,1-4H3. The molecular weight excluding hydrogens is 236 g/mol. The summed E-state index contributed by atoms with van der Waals surface area (Å²) in [5.41, 5.74) is 5.71. The molecule has 0 aromatic rings. The zero-order chi connectivity index (χ0) is 14.5. The molecule has 0 unspecified atom stereocenters. The van der Waals surface area contributed by atoms with Gasteiger partial charge in [0.1, 0.15) is 0 Å². The fraction of sp³-hybridized carbons (Fsp3) is 0.938. The second kappa shape index (κ2) is 6.74. The van der Waals surface area contributed by atoms with Gasteiger partial charge in [0.2, 0.25) is 5.91 Å². The molecule has 0 aromatic heterocycles. The Kier molecular flexibility index (Phi) is 5.84. The molecule has 0 aliphatic heterocycles. The van der Waals surface area contributed by atoms with Gasteiger partial charge in [-0.2, -0.15) is 0 Å². The van der Waals surface area contributed by atoms with Gasteiger partial charge in [-0.15, -0.1) is 0 Å². The normalized spacial score (nSPS) is 19.2. The SMILES string of the molecule is CCCN(CC(C)(C)CN)C(=O)C1(C)CCCCC1. The van der Waals surface area contributed by atoms with E-state index in [1.54, 1.807) is 0 Å². The van der Waals surface area contributed by atoms with E-state index in [9.17, 15) is 4.79 Å². The molecule has 3 heteroatoms. The molecule has 1 saturated carbocycles. The lowest BCUT2D eigenvalue weighted by molar-refractivity contribution is -0.144. The molecule has 112 valence electrons. The molecule has 3 nitrogen and oxygen atoms in total. The van der Waals surface area contributed by atoms with Gasteiger partial charge in [-0.05, 0) is 31.2 Å². The smallest absolute Gasteiger partial charge is 0.228 e. The predicted molar refractivity (Wildman–Crippen MR) is 80.9 cm³/mol. The highest BCUT2D eigenvalue weighted by Gasteiger charge is 2.38. The minimum atomic E-state index is -0.127. The van der Waals surface area contributed by atoms with Crippen LogP contribution >= 0.6 is 0 Å². The number of hydrogen-bond acceptors (Lipinski definition) is 2. The third-order valence-electron chi connectivity index (χ3n) is 4.43. The highest BCUT2D eigenvalue weighted by Crippen LogP contribution is 2.38. The summed E-state index contributed by atoms with van der Waals surface area (Å²) in [6, 6.07) is 0. The molecule has 0 aromatic carbocycles. The molecular formula is C16H32N2O. The van der Waals surface area contributed by atoms with Crippen LogP contribution in [0, 0.1) is 10.8 Å². The Morgan fingerprint density at radius 2 is 1.84 bits per heavy atom. The van der Waals surface area contributed by atoms with Crippen molar-refractivity contribution >= 4 is 5.91 Å². The van der Waals surface area contributed by atoms with Gasteiger partial charge in [-0.1, -0.05) is 47.0 Å². The van der Waals surface area contributed by atoms with E-state index in [1.807, 2.05) is 0 Å². The zero-order valence-corrected chi connectivity index (χ0v) is 13.3. The van der Waals surface area contributed by atoms with Crippen molar-refractivity contribution in [3.05, 3.63) is 0 Å². The van der Waals surface area contributed by atoms with E-state index < -0.39 is 0 Å². The van der Waals surface area contributed by atoms with E-state index in [0.29, 0.717) is 12.5 Å². The van der Waals surface area contributed by atoms with Crippen molar-refractivity contribution in [3.8, 4) is 0 Å². The van der Waals surface area contributed by atoms with Gasteiger partial charge in [-0.25, -0.2) is 0 Å². The van der Waals surface area contributed by atoms with Crippen LogP contribution in [0.25, 0.3) is 0 Å². The maximum Gasteiger partial charge on any atom is 0.228 e. The first-order valence-corrected chi connectivity index (χ1v) is 7.84. The van der Waals surface area contributed by atoms with E-state index >= 15 is 0 Å². The molecule has 2 N–H and O–H groups in total. The van der Waals surface area contributed by atoms with E-state index in [-0.39, 0.29) is 10.8 Å². The summed E-state index contributed by atoms with van der Waals surface area (Å²) >= 11 is 0. The van der Waals surface area contributed by atoms with Gasteiger partial charge < -0.3 is 10.6 Å². The third kappa shape index (κ3) is 4.48. The summed E-state index contributed by atoms with van der Waals surface area (Å²) in [4.78, 5) is 15.0. The van der Waals surface area contributed by atoms with Crippen LogP contribution in [0.3, 0.4) is 0 Å². The first kappa shape index (κ1) is 16.5. The maximum atomic E-state index is 12.9. The third-order valence-corrected chi connectivity index (χ3v) is 4.43. The summed E-state index contributed by atoms with van der Waals surface area (Å²) in [5, 5.41) is 0. The Bertz CT molecular complexity index is 293. The summed E-state index contributed by atoms with van der Waals surface area (Å²) in [5.74, 6) is 0.357. The van der Waals surface area contributed by atoms with Gasteiger partial charge in [-0.3, -0.25) is 4.79 Å². The van der Waals surface area contributed by atoms with E-state index in [2.05, 4.69) is 32.6 Å². The molecule has 1 amide bonds. The number of nitrogens with two attached hydrogens (primary N) is 1. The first-order valence-electron chi connectivity index (χ1n) is 7.84. The van der Waals surface area contributed by atoms with Crippen molar-refractivity contribution in [1.29, 1.82) is 0 Å². The topological polar surface area (TPSA) is 46.3 Å². The highest BCUT2D eigenvalue weighted by molar-refractivity contribution is 5.82. The number of amides is 1. The summed E-state index contributed by atoms with van der Waals surface area (Å²) in [6.07, 6.45) is 6.79. The number of carbonyl (C=O) groups excluding carboxylic acids is 1. The summed E-state index contributed by atoms with van der Waals surface area (Å²) < 4.78 is 0. The molecule has 0 heterocycles. The van der Waals surface area contributed by atoms with E-state index in [0.717, 1.165) is 32.4 Å². The van der Waals surface area contributed by atoms with Crippen LogP contribution in [0.2, 0.25) is 0 Å². The Morgan fingerprint density at radius 3 is 2.32 bits per heavy atom. The lowest BCUT2D eigenvalue weighted by Gasteiger charge is -2.40. The van der Waals surface area contributed by atoms with Crippen LogP contribution in [0.15, 0.2) is 0 Å². The van der Waals surface area contributed by atoms with Crippen LogP contribution in [-0.4, -0.2) is 30.4 Å².